The maximum atomic E-state index is 12.2. The molecule has 0 aromatic heterocycles. The average molecular weight is 300 g/mol. The Labute approximate surface area is 120 Å². The van der Waals surface area contributed by atoms with Crippen molar-refractivity contribution in [2.45, 2.75) is 13.0 Å². The van der Waals surface area contributed by atoms with E-state index in [2.05, 4.69) is 5.32 Å². The minimum Gasteiger partial charge on any atom is -0.480 e. The molecule has 0 saturated carbocycles. The molecule has 0 saturated heterocycles. The molecule has 0 aliphatic carbocycles. The Morgan fingerprint density at radius 3 is 2.60 bits per heavy atom. The van der Waals surface area contributed by atoms with E-state index in [4.69, 9.17) is 22.4 Å². The van der Waals surface area contributed by atoms with Gasteiger partial charge in [-0.1, -0.05) is 17.7 Å². The number of anilines is 1. The number of hydrogen-bond acceptors (Lipinski definition) is 3. The summed E-state index contributed by atoms with van der Waals surface area (Å²) in [6.45, 7) is 0.858. The Morgan fingerprint density at radius 2 is 2.10 bits per heavy atom. The number of nitrogens with zero attached hydrogens (tertiary/aromatic N) is 1. The van der Waals surface area contributed by atoms with Gasteiger partial charge in [0.1, 0.15) is 12.6 Å². The van der Waals surface area contributed by atoms with E-state index in [0.717, 1.165) is 4.90 Å². The minimum atomic E-state index is -1.19. The highest BCUT2D eigenvalue weighted by atomic mass is 35.5. The molecule has 1 atom stereocenters. The zero-order chi connectivity index (χ0) is 15.3. The maximum absolute atomic E-state index is 12.2. The fourth-order valence-corrected chi connectivity index (χ4v) is 1.77. The number of hydrogen-bond donors (Lipinski definition) is 3. The third-order valence-electron chi connectivity index (χ3n) is 2.41. The molecule has 0 heterocycles. The van der Waals surface area contributed by atoms with Crippen LogP contribution in [0.3, 0.4) is 0 Å². The third-order valence-corrected chi connectivity index (χ3v) is 2.64. The molecule has 1 aromatic rings. The first kappa shape index (κ1) is 15.8. The molecular weight excluding hydrogens is 286 g/mol. The normalized spacial score (nSPS) is 11.5. The predicted octanol–water partition coefficient (Wildman–Crippen LogP) is 0.814. The second kappa shape index (κ2) is 6.76. The third kappa shape index (κ3) is 4.43. The van der Waals surface area contributed by atoms with E-state index in [1.54, 1.807) is 18.2 Å². The van der Waals surface area contributed by atoms with Crippen molar-refractivity contribution in [2.24, 2.45) is 5.73 Å². The number of urea groups is 1. The first-order chi connectivity index (χ1) is 9.31. The first-order valence-corrected chi connectivity index (χ1v) is 6.03. The van der Waals surface area contributed by atoms with Crippen LogP contribution in [-0.4, -0.2) is 35.6 Å². The van der Waals surface area contributed by atoms with Gasteiger partial charge in [0.25, 0.3) is 0 Å². The lowest BCUT2D eigenvalue weighted by atomic mass is 10.2. The Kier molecular flexibility index (Phi) is 5.33. The number of carbonyl (C=O) groups excluding carboxylic acids is 2. The highest BCUT2D eigenvalue weighted by Gasteiger charge is 2.24. The molecule has 0 radical (unpaired) electrons. The molecule has 1 rings (SSSR count). The number of halogens is 1. The molecule has 0 aliphatic heterocycles. The summed E-state index contributed by atoms with van der Waals surface area (Å²) in [4.78, 5) is 34.8. The number of nitrogens with one attached hydrogen (secondary N) is 1. The summed E-state index contributed by atoms with van der Waals surface area (Å²) >= 11 is 5.82. The fourth-order valence-electron chi connectivity index (χ4n) is 1.58. The molecule has 7 nitrogen and oxygen atoms in total. The molecule has 1 aromatic carbocycles. The summed E-state index contributed by atoms with van der Waals surface area (Å²) in [5.74, 6) is -1.79. The molecule has 20 heavy (non-hydrogen) atoms. The van der Waals surface area contributed by atoms with Gasteiger partial charge >= 0.3 is 12.0 Å². The second-order valence-corrected chi connectivity index (χ2v) is 4.46. The Morgan fingerprint density at radius 1 is 1.45 bits per heavy atom. The summed E-state index contributed by atoms with van der Waals surface area (Å²) in [6, 6.07) is 4.37. The van der Waals surface area contributed by atoms with Crippen LogP contribution >= 0.6 is 11.6 Å². The Hall–Kier alpha value is -2.28. The lowest BCUT2D eigenvalue weighted by molar-refractivity contribution is -0.136. The van der Waals surface area contributed by atoms with Gasteiger partial charge in [-0.25, -0.2) is 4.79 Å². The van der Waals surface area contributed by atoms with Gasteiger partial charge in [0.05, 0.1) is 0 Å². The monoisotopic (exact) mass is 299 g/mol. The van der Waals surface area contributed by atoms with Gasteiger partial charge in [-0.15, -0.1) is 0 Å². The molecule has 1 unspecified atom stereocenters. The van der Waals surface area contributed by atoms with E-state index in [0.29, 0.717) is 10.7 Å². The summed E-state index contributed by atoms with van der Waals surface area (Å²) in [5, 5.41) is 11.5. The van der Waals surface area contributed by atoms with E-state index in [9.17, 15) is 14.4 Å². The first-order valence-electron chi connectivity index (χ1n) is 5.66. The van der Waals surface area contributed by atoms with E-state index in [1.807, 2.05) is 0 Å². The van der Waals surface area contributed by atoms with Crippen LogP contribution in [0, 0.1) is 0 Å². The van der Waals surface area contributed by atoms with Crippen molar-refractivity contribution in [1.29, 1.82) is 0 Å². The van der Waals surface area contributed by atoms with Crippen molar-refractivity contribution in [1.82, 2.24) is 5.32 Å². The molecule has 108 valence electrons. The fraction of sp³-hybridized carbons (Fsp3) is 0.250. The second-order valence-electron chi connectivity index (χ2n) is 4.03. The molecule has 0 bridgehead atoms. The van der Waals surface area contributed by atoms with Gasteiger partial charge in [-0.2, -0.15) is 0 Å². The van der Waals surface area contributed by atoms with Crippen LogP contribution in [0.4, 0.5) is 10.5 Å². The average Bonchev–Trinajstić information content (AvgIpc) is 2.34. The number of primary amides is 1. The number of nitrogens with two attached hydrogens (primary N) is 1. The van der Waals surface area contributed by atoms with Gasteiger partial charge in [-0.05, 0) is 25.1 Å². The molecule has 0 aliphatic rings. The standard InChI is InChI=1S/C12H14ClN3O4/c1-7(15-12(14)20)11(19)16(6-10(17)18)9-4-2-3-8(13)5-9/h2-5,7H,6H2,1H3,(H,17,18)(H3,14,15,20). The number of carboxylic acid groups (broad SMARTS) is 1. The smallest absolute Gasteiger partial charge is 0.323 e. The van der Waals surface area contributed by atoms with Gasteiger partial charge in [-0.3, -0.25) is 14.5 Å². The van der Waals surface area contributed by atoms with Gasteiger partial charge in [0.15, 0.2) is 0 Å². The predicted molar refractivity (Wildman–Crippen MR) is 73.6 cm³/mol. The largest absolute Gasteiger partial charge is 0.480 e. The summed E-state index contributed by atoms with van der Waals surface area (Å²) < 4.78 is 0. The van der Waals surface area contributed by atoms with Crippen molar-refractivity contribution < 1.29 is 19.5 Å². The van der Waals surface area contributed by atoms with Crippen LogP contribution in [0.15, 0.2) is 24.3 Å². The van der Waals surface area contributed by atoms with E-state index in [-0.39, 0.29) is 0 Å². The summed E-state index contributed by atoms with van der Waals surface area (Å²) in [6.07, 6.45) is 0. The van der Waals surface area contributed by atoms with Gasteiger partial charge < -0.3 is 16.2 Å². The minimum absolute atomic E-state index is 0.322. The zero-order valence-electron chi connectivity index (χ0n) is 10.7. The van der Waals surface area contributed by atoms with Crippen molar-refractivity contribution in [3.63, 3.8) is 0 Å². The molecule has 3 amide bonds. The molecular formula is C12H14ClN3O4. The highest BCUT2D eigenvalue weighted by Crippen LogP contribution is 2.20. The zero-order valence-corrected chi connectivity index (χ0v) is 11.4. The number of carboxylic acids is 1. The van der Waals surface area contributed by atoms with Crippen molar-refractivity contribution in [2.75, 3.05) is 11.4 Å². The van der Waals surface area contributed by atoms with E-state index in [1.165, 1.54) is 13.0 Å². The van der Waals surface area contributed by atoms with Crippen LogP contribution in [0.1, 0.15) is 6.92 Å². The van der Waals surface area contributed by atoms with Crippen LogP contribution in [0.25, 0.3) is 0 Å². The number of carbonyl (C=O) groups is 3. The quantitative estimate of drug-likeness (QED) is 0.746. The van der Waals surface area contributed by atoms with Crippen LogP contribution in [0.2, 0.25) is 5.02 Å². The van der Waals surface area contributed by atoms with Gasteiger partial charge in [0, 0.05) is 10.7 Å². The molecule has 4 N–H and O–H groups in total. The molecule has 0 fully saturated rings. The van der Waals surface area contributed by atoms with E-state index < -0.39 is 30.5 Å². The number of rotatable bonds is 5. The highest BCUT2D eigenvalue weighted by molar-refractivity contribution is 6.31. The van der Waals surface area contributed by atoms with Crippen LogP contribution < -0.4 is 16.0 Å². The number of benzene rings is 1. The SMILES string of the molecule is CC(NC(N)=O)C(=O)N(CC(=O)O)c1cccc(Cl)c1. The van der Waals surface area contributed by atoms with Crippen molar-refractivity contribution in [3.8, 4) is 0 Å². The summed E-state index contributed by atoms with van der Waals surface area (Å²) in [7, 11) is 0. The van der Waals surface area contributed by atoms with Crippen LogP contribution in [0.5, 0.6) is 0 Å². The number of amides is 3. The topological polar surface area (TPSA) is 113 Å². The lowest BCUT2D eigenvalue weighted by Crippen LogP contribution is -2.50. The van der Waals surface area contributed by atoms with Crippen molar-refractivity contribution >= 4 is 35.2 Å². The Bertz CT molecular complexity index is 535. The molecule has 8 heteroatoms. The maximum Gasteiger partial charge on any atom is 0.323 e. The Balaban J connectivity index is 3.03. The van der Waals surface area contributed by atoms with Crippen LogP contribution in [-0.2, 0) is 9.59 Å². The molecule has 0 spiro atoms. The van der Waals surface area contributed by atoms with Crippen molar-refractivity contribution in [3.05, 3.63) is 29.3 Å². The summed E-state index contributed by atoms with van der Waals surface area (Å²) in [5.41, 5.74) is 5.26. The lowest BCUT2D eigenvalue weighted by Gasteiger charge is -2.24. The van der Waals surface area contributed by atoms with E-state index >= 15 is 0 Å². The number of aliphatic carboxylic acids is 1. The van der Waals surface area contributed by atoms with Gasteiger partial charge in [0.2, 0.25) is 5.91 Å².